The van der Waals surface area contributed by atoms with Crippen LogP contribution in [0.25, 0.3) is 0 Å². The molecule has 1 aliphatic heterocycles. The molecule has 0 bridgehead atoms. The van der Waals surface area contributed by atoms with Gasteiger partial charge in [-0.1, -0.05) is 0 Å². The van der Waals surface area contributed by atoms with Crippen molar-refractivity contribution in [2.45, 2.75) is 25.0 Å². The van der Waals surface area contributed by atoms with Crippen molar-refractivity contribution in [3.8, 4) is 0 Å². The molecular formula is C11H21N3O4. The first-order valence-corrected chi connectivity index (χ1v) is 6.02. The number of hydrogen-bond acceptors (Lipinski definition) is 4. The number of amides is 2. The predicted molar refractivity (Wildman–Crippen MR) is 65.3 cm³/mol. The van der Waals surface area contributed by atoms with Crippen LogP contribution < -0.4 is 5.32 Å². The first-order chi connectivity index (χ1) is 8.41. The van der Waals surface area contributed by atoms with Gasteiger partial charge in [-0.05, 0) is 26.9 Å². The lowest BCUT2D eigenvalue weighted by Crippen LogP contribution is -2.52. The summed E-state index contributed by atoms with van der Waals surface area (Å²) in [5.41, 5.74) is 0. The lowest BCUT2D eigenvalue weighted by molar-refractivity contribution is -0.146. The summed E-state index contributed by atoms with van der Waals surface area (Å²) >= 11 is 0. The van der Waals surface area contributed by atoms with Gasteiger partial charge in [-0.25, -0.2) is 9.59 Å². The Morgan fingerprint density at radius 1 is 1.50 bits per heavy atom. The Bertz CT molecular complexity index is 309. The standard InChI is InChI=1S/C11H21N3O4/c1-13(2)8-4-3-5-14(7-8)11(18)12-6-9(15)10(16)17/h8-9,15H,3-7H2,1-2H3,(H,12,18)(H,16,17)/t8?,9-/m0/s1. The van der Waals surface area contributed by atoms with E-state index in [4.69, 9.17) is 10.2 Å². The summed E-state index contributed by atoms with van der Waals surface area (Å²) in [7, 11) is 3.94. The molecule has 0 radical (unpaired) electrons. The van der Waals surface area contributed by atoms with Crippen LogP contribution in [0.15, 0.2) is 0 Å². The van der Waals surface area contributed by atoms with Crippen LogP contribution in [-0.4, -0.2) is 77.9 Å². The third kappa shape index (κ3) is 4.15. The molecule has 0 spiro atoms. The maximum absolute atomic E-state index is 11.8. The van der Waals surface area contributed by atoms with E-state index in [-0.39, 0.29) is 12.6 Å². The Morgan fingerprint density at radius 2 is 2.17 bits per heavy atom. The van der Waals surface area contributed by atoms with Crippen LogP contribution in [-0.2, 0) is 4.79 Å². The molecule has 18 heavy (non-hydrogen) atoms. The summed E-state index contributed by atoms with van der Waals surface area (Å²) in [4.78, 5) is 25.9. The minimum Gasteiger partial charge on any atom is -0.479 e. The van der Waals surface area contributed by atoms with E-state index in [1.807, 2.05) is 14.1 Å². The maximum Gasteiger partial charge on any atom is 0.334 e. The number of aliphatic hydroxyl groups is 1. The van der Waals surface area contributed by atoms with Gasteiger partial charge in [0.2, 0.25) is 0 Å². The summed E-state index contributed by atoms with van der Waals surface area (Å²) in [6.45, 7) is 1.03. The quantitative estimate of drug-likeness (QED) is 0.612. The van der Waals surface area contributed by atoms with Gasteiger partial charge < -0.3 is 25.3 Å². The van der Waals surface area contributed by atoms with Crippen LogP contribution >= 0.6 is 0 Å². The highest BCUT2D eigenvalue weighted by atomic mass is 16.4. The number of aliphatic hydroxyl groups excluding tert-OH is 1. The van der Waals surface area contributed by atoms with E-state index >= 15 is 0 Å². The molecule has 2 amide bonds. The number of piperidine rings is 1. The smallest absolute Gasteiger partial charge is 0.334 e. The van der Waals surface area contributed by atoms with Crippen molar-refractivity contribution < 1.29 is 19.8 Å². The van der Waals surface area contributed by atoms with Gasteiger partial charge in [0.1, 0.15) is 0 Å². The molecule has 1 unspecified atom stereocenters. The van der Waals surface area contributed by atoms with E-state index in [0.717, 1.165) is 12.8 Å². The van der Waals surface area contributed by atoms with Crippen LogP contribution in [0.2, 0.25) is 0 Å². The number of hydrogen-bond donors (Lipinski definition) is 3. The lowest BCUT2D eigenvalue weighted by atomic mass is 10.1. The van der Waals surface area contributed by atoms with Crippen molar-refractivity contribution in [1.82, 2.24) is 15.1 Å². The van der Waals surface area contributed by atoms with Crippen molar-refractivity contribution >= 4 is 12.0 Å². The zero-order valence-corrected chi connectivity index (χ0v) is 10.8. The SMILES string of the molecule is CN(C)C1CCCN(C(=O)NC[C@H](O)C(=O)O)C1. The molecule has 7 heteroatoms. The number of nitrogens with one attached hydrogen (secondary N) is 1. The van der Waals surface area contributed by atoms with Gasteiger partial charge >= 0.3 is 12.0 Å². The number of likely N-dealkylation sites (tertiary alicyclic amines) is 1. The maximum atomic E-state index is 11.8. The molecule has 0 aromatic rings. The summed E-state index contributed by atoms with van der Waals surface area (Å²) in [5, 5.41) is 20.0. The Balaban J connectivity index is 2.39. The summed E-state index contributed by atoms with van der Waals surface area (Å²) < 4.78 is 0. The number of nitrogens with zero attached hydrogens (tertiary/aromatic N) is 2. The third-order valence-corrected chi connectivity index (χ3v) is 3.15. The molecule has 3 N–H and O–H groups in total. The topological polar surface area (TPSA) is 93.1 Å². The van der Waals surface area contributed by atoms with E-state index in [1.54, 1.807) is 4.90 Å². The summed E-state index contributed by atoms with van der Waals surface area (Å²) in [6.07, 6.45) is 0.426. The molecule has 2 atom stereocenters. The van der Waals surface area contributed by atoms with Crippen molar-refractivity contribution in [3.05, 3.63) is 0 Å². The van der Waals surface area contributed by atoms with Crippen molar-refractivity contribution in [3.63, 3.8) is 0 Å². The fourth-order valence-corrected chi connectivity index (χ4v) is 1.94. The number of carboxylic acid groups (broad SMARTS) is 1. The van der Waals surface area contributed by atoms with Crippen LogP contribution in [0.1, 0.15) is 12.8 Å². The summed E-state index contributed by atoms with van der Waals surface area (Å²) in [5.74, 6) is -1.33. The van der Waals surface area contributed by atoms with Crippen LogP contribution in [0.5, 0.6) is 0 Å². The lowest BCUT2D eigenvalue weighted by Gasteiger charge is -2.36. The number of carboxylic acids is 1. The fourth-order valence-electron chi connectivity index (χ4n) is 1.94. The van der Waals surface area contributed by atoms with Gasteiger partial charge in [0.05, 0.1) is 6.54 Å². The number of carbonyl (C=O) groups excluding carboxylic acids is 1. The molecule has 0 saturated carbocycles. The second kappa shape index (κ2) is 6.55. The number of rotatable bonds is 4. The Kier molecular flexibility index (Phi) is 5.36. The Morgan fingerprint density at radius 3 is 2.72 bits per heavy atom. The summed E-state index contributed by atoms with van der Waals surface area (Å²) in [6, 6.07) is 0.00995. The van der Waals surface area contributed by atoms with Gasteiger partial charge in [0.25, 0.3) is 0 Å². The molecule has 0 aliphatic carbocycles. The molecule has 1 saturated heterocycles. The zero-order chi connectivity index (χ0) is 13.7. The number of aliphatic carboxylic acids is 1. The van der Waals surface area contributed by atoms with Crippen molar-refractivity contribution in [2.75, 3.05) is 33.7 Å². The fraction of sp³-hybridized carbons (Fsp3) is 0.818. The van der Waals surface area contributed by atoms with Crippen molar-refractivity contribution in [2.24, 2.45) is 0 Å². The molecule has 104 valence electrons. The second-order valence-electron chi connectivity index (χ2n) is 4.75. The average molecular weight is 259 g/mol. The predicted octanol–water partition coefficient (Wildman–Crippen LogP) is -0.832. The molecule has 1 fully saturated rings. The van der Waals surface area contributed by atoms with Crippen LogP contribution in [0.4, 0.5) is 4.79 Å². The average Bonchev–Trinajstić information content (AvgIpc) is 2.35. The van der Waals surface area contributed by atoms with Gasteiger partial charge in [-0.2, -0.15) is 0 Å². The Hall–Kier alpha value is -1.34. The van der Waals surface area contributed by atoms with E-state index < -0.39 is 12.1 Å². The minimum atomic E-state index is -1.55. The first kappa shape index (κ1) is 14.7. The molecule has 1 rings (SSSR count). The van der Waals surface area contributed by atoms with Gasteiger partial charge in [0, 0.05) is 19.1 Å². The van der Waals surface area contributed by atoms with Gasteiger partial charge in [0.15, 0.2) is 6.10 Å². The second-order valence-corrected chi connectivity index (χ2v) is 4.75. The number of urea groups is 1. The highest BCUT2D eigenvalue weighted by molar-refractivity contribution is 5.76. The van der Waals surface area contributed by atoms with E-state index in [1.165, 1.54) is 0 Å². The van der Waals surface area contributed by atoms with Gasteiger partial charge in [-0.15, -0.1) is 0 Å². The van der Waals surface area contributed by atoms with Crippen molar-refractivity contribution in [1.29, 1.82) is 0 Å². The van der Waals surface area contributed by atoms with Crippen LogP contribution in [0, 0.1) is 0 Å². The molecule has 0 aromatic carbocycles. The van der Waals surface area contributed by atoms with E-state index in [9.17, 15) is 9.59 Å². The Labute approximate surface area is 106 Å². The number of carbonyl (C=O) groups is 2. The highest BCUT2D eigenvalue weighted by Gasteiger charge is 2.25. The van der Waals surface area contributed by atoms with Gasteiger partial charge in [-0.3, -0.25) is 0 Å². The normalized spacial score (nSPS) is 21.8. The molecule has 7 nitrogen and oxygen atoms in total. The first-order valence-electron chi connectivity index (χ1n) is 6.02. The monoisotopic (exact) mass is 259 g/mol. The van der Waals surface area contributed by atoms with E-state index in [0.29, 0.717) is 19.1 Å². The number of likely N-dealkylation sites (N-methyl/N-ethyl adjacent to an activating group) is 1. The van der Waals surface area contributed by atoms with Crippen LogP contribution in [0.3, 0.4) is 0 Å². The minimum absolute atomic E-state index is 0.267. The van der Waals surface area contributed by atoms with E-state index in [2.05, 4.69) is 10.2 Å². The third-order valence-electron chi connectivity index (χ3n) is 3.15. The molecule has 1 aliphatic rings. The molecular weight excluding hydrogens is 238 g/mol. The molecule has 0 aromatic heterocycles. The largest absolute Gasteiger partial charge is 0.479 e. The zero-order valence-electron chi connectivity index (χ0n) is 10.8. The highest BCUT2D eigenvalue weighted by Crippen LogP contribution is 2.13. The molecule has 1 heterocycles.